The molecule has 1 saturated carbocycles. The normalized spacial score (nSPS) is 20.3. The summed E-state index contributed by atoms with van der Waals surface area (Å²) in [5.41, 5.74) is 0.293. The number of furan rings is 1. The fraction of sp³-hybridized carbons (Fsp3) is 0.316. The van der Waals surface area contributed by atoms with Gasteiger partial charge in [-0.3, -0.25) is 9.69 Å². The molecule has 0 unspecified atom stereocenters. The highest BCUT2D eigenvalue weighted by molar-refractivity contribution is 8.26. The molecule has 2 fully saturated rings. The number of carbonyl (C=O) groups excluding carboxylic acids is 1. The molecule has 0 spiro atoms. The van der Waals surface area contributed by atoms with Gasteiger partial charge in [-0.2, -0.15) is 4.39 Å². The lowest BCUT2D eigenvalue weighted by Crippen LogP contribution is -2.39. The van der Waals surface area contributed by atoms with E-state index in [2.05, 4.69) is 4.98 Å². The number of hydrogen-bond donors (Lipinski definition) is 0. The summed E-state index contributed by atoms with van der Waals surface area (Å²) < 4.78 is 20.1. The van der Waals surface area contributed by atoms with Gasteiger partial charge in [-0.15, -0.1) is 0 Å². The van der Waals surface area contributed by atoms with Crippen molar-refractivity contribution in [3.05, 3.63) is 47.1 Å². The average molecular weight is 388 g/mol. The van der Waals surface area contributed by atoms with E-state index in [1.54, 1.807) is 35.2 Å². The van der Waals surface area contributed by atoms with Gasteiger partial charge in [0.2, 0.25) is 5.95 Å². The lowest BCUT2D eigenvalue weighted by Gasteiger charge is -2.29. The van der Waals surface area contributed by atoms with Crippen molar-refractivity contribution >= 4 is 40.3 Å². The third kappa shape index (κ3) is 3.33. The molecule has 4 nitrogen and oxygen atoms in total. The Morgan fingerprint density at radius 3 is 2.85 bits per heavy atom. The number of thioether (sulfide) groups is 1. The van der Waals surface area contributed by atoms with Crippen LogP contribution in [0.25, 0.3) is 17.4 Å². The Kier molecular flexibility index (Phi) is 4.91. The smallest absolute Gasteiger partial charge is 0.266 e. The van der Waals surface area contributed by atoms with E-state index >= 15 is 0 Å². The van der Waals surface area contributed by atoms with Crippen LogP contribution in [0.1, 0.15) is 37.9 Å². The maximum absolute atomic E-state index is 13.8. The molecule has 0 aromatic carbocycles. The summed E-state index contributed by atoms with van der Waals surface area (Å²) in [6.07, 6.45) is 8.58. The van der Waals surface area contributed by atoms with Gasteiger partial charge in [0.1, 0.15) is 15.8 Å². The van der Waals surface area contributed by atoms with E-state index in [-0.39, 0.29) is 11.9 Å². The number of halogens is 1. The van der Waals surface area contributed by atoms with Crippen molar-refractivity contribution in [2.75, 3.05) is 0 Å². The predicted molar refractivity (Wildman–Crippen MR) is 104 cm³/mol. The summed E-state index contributed by atoms with van der Waals surface area (Å²) in [5, 5.41) is 0. The van der Waals surface area contributed by atoms with Crippen LogP contribution in [0, 0.1) is 5.95 Å². The third-order valence-electron chi connectivity index (χ3n) is 4.69. The van der Waals surface area contributed by atoms with Crippen LogP contribution >= 0.6 is 24.0 Å². The first-order valence-electron chi connectivity index (χ1n) is 8.61. The Labute approximate surface area is 160 Å². The van der Waals surface area contributed by atoms with E-state index < -0.39 is 5.95 Å². The minimum atomic E-state index is -0.586. The highest BCUT2D eigenvalue weighted by atomic mass is 32.2. The Hall–Kier alpha value is -1.99. The van der Waals surface area contributed by atoms with Gasteiger partial charge in [-0.1, -0.05) is 43.2 Å². The molecular weight excluding hydrogens is 371 g/mol. The van der Waals surface area contributed by atoms with Crippen molar-refractivity contribution < 1.29 is 13.6 Å². The first kappa shape index (κ1) is 17.4. The minimum absolute atomic E-state index is 0.0580. The Balaban J connectivity index is 1.56. The predicted octanol–water partition coefficient (Wildman–Crippen LogP) is 5.01. The molecule has 134 valence electrons. The molecule has 0 N–H and O–H groups in total. The number of nitrogens with zero attached hydrogens (tertiary/aromatic N) is 2. The number of rotatable bonds is 3. The van der Waals surface area contributed by atoms with Gasteiger partial charge in [0.15, 0.2) is 0 Å². The van der Waals surface area contributed by atoms with Gasteiger partial charge >= 0.3 is 0 Å². The monoisotopic (exact) mass is 388 g/mol. The maximum Gasteiger partial charge on any atom is 0.266 e. The number of hydrogen-bond acceptors (Lipinski definition) is 5. The highest BCUT2D eigenvalue weighted by Crippen LogP contribution is 2.37. The molecule has 0 radical (unpaired) electrons. The first-order valence-corrected chi connectivity index (χ1v) is 9.84. The third-order valence-corrected chi connectivity index (χ3v) is 6.02. The van der Waals surface area contributed by atoms with Crippen LogP contribution in [0.4, 0.5) is 4.39 Å². The number of thiocarbonyl (C=S) groups is 1. The molecule has 7 heteroatoms. The lowest BCUT2D eigenvalue weighted by atomic mass is 9.94. The summed E-state index contributed by atoms with van der Waals surface area (Å²) >= 11 is 6.73. The summed E-state index contributed by atoms with van der Waals surface area (Å²) in [5.74, 6) is 0.228. The molecule has 2 aliphatic rings. The van der Waals surface area contributed by atoms with E-state index in [9.17, 15) is 9.18 Å². The molecule has 1 amide bonds. The zero-order chi connectivity index (χ0) is 18.1. The van der Waals surface area contributed by atoms with Crippen molar-refractivity contribution in [3.8, 4) is 11.3 Å². The van der Waals surface area contributed by atoms with Crippen LogP contribution in [0.15, 0.2) is 39.8 Å². The van der Waals surface area contributed by atoms with Crippen molar-refractivity contribution in [2.24, 2.45) is 0 Å². The fourth-order valence-electron chi connectivity index (χ4n) is 3.41. The molecule has 1 aliphatic carbocycles. The first-order chi connectivity index (χ1) is 12.6. The van der Waals surface area contributed by atoms with Gasteiger partial charge in [0, 0.05) is 18.3 Å². The SMILES string of the molecule is O=C1/C(=C/c2ccc(-c3cccnc3F)o2)SC(=S)N1C1CCCCC1. The Morgan fingerprint density at radius 1 is 1.27 bits per heavy atom. The number of aromatic nitrogens is 1. The van der Waals surface area contributed by atoms with Crippen molar-refractivity contribution in [3.63, 3.8) is 0 Å². The number of pyridine rings is 1. The largest absolute Gasteiger partial charge is 0.457 e. The molecule has 3 heterocycles. The van der Waals surface area contributed by atoms with Crippen LogP contribution in [-0.4, -0.2) is 26.2 Å². The minimum Gasteiger partial charge on any atom is -0.457 e. The standard InChI is InChI=1S/C19H17FN2O2S2/c20-17-14(7-4-10-21-17)15-9-8-13(24-15)11-16-18(23)22(19(25)26-16)12-5-2-1-3-6-12/h4,7-12H,1-3,5-6H2/b16-11-. The second kappa shape index (κ2) is 7.32. The van der Waals surface area contributed by atoms with E-state index in [1.807, 2.05) is 0 Å². The summed E-state index contributed by atoms with van der Waals surface area (Å²) in [7, 11) is 0. The van der Waals surface area contributed by atoms with Crippen molar-refractivity contribution in [1.82, 2.24) is 9.88 Å². The second-order valence-corrected chi connectivity index (χ2v) is 8.06. The van der Waals surface area contributed by atoms with E-state index in [1.165, 1.54) is 24.4 Å². The molecule has 26 heavy (non-hydrogen) atoms. The molecule has 0 bridgehead atoms. The number of carbonyl (C=O) groups is 1. The van der Waals surface area contributed by atoms with Crippen LogP contribution in [0.2, 0.25) is 0 Å². The zero-order valence-electron chi connectivity index (χ0n) is 14.0. The van der Waals surface area contributed by atoms with Crippen molar-refractivity contribution in [1.29, 1.82) is 0 Å². The topological polar surface area (TPSA) is 46.3 Å². The van der Waals surface area contributed by atoms with Crippen LogP contribution in [-0.2, 0) is 4.79 Å². The summed E-state index contributed by atoms with van der Waals surface area (Å²) in [4.78, 5) is 18.7. The molecular formula is C19H17FN2O2S2. The van der Waals surface area contributed by atoms with Crippen LogP contribution in [0.5, 0.6) is 0 Å². The Bertz CT molecular complexity index is 887. The van der Waals surface area contributed by atoms with Crippen LogP contribution < -0.4 is 0 Å². The van der Waals surface area contributed by atoms with Gasteiger partial charge in [0.05, 0.1) is 10.5 Å². The maximum atomic E-state index is 13.8. The molecule has 1 saturated heterocycles. The van der Waals surface area contributed by atoms with E-state index in [4.69, 9.17) is 16.6 Å². The molecule has 4 rings (SSSR count). The highest BCUT2D eigenvalue weighted by Gasteiger charge is 2.37. The van der Waals surface area contributed by atoms with Gasteiger partial charge in [0.25, 0.3) is 5.91 Å². The van der Waals surface area contributed by atoms with E-state index in [0.717, 1.165) is 25.7 Å². The van der Waals surface area contributed by atoms with Crippen LogP contribution in [0.3, 0.4) is 0 Å². The Morgan fingerprint density at radius 2 is 2.08 bits per heavy atom. The van der Waals surface area contributed by atoms with Gasteiger partial charge in [-0.05, 0) is 37.1 Å². The average Bonchev–Trinajstić information content (AvgIpc) is 3.21. The zero-order valence-corrected chi connectivity index (χ0v) is 15.6. The van der Waals surface area contributed by atoms with Gasteiger partial charge in [-0.25, -0.2) is 4.98 Å². The number of amides is 1. The van der Waals surface area contributed by atoms with Gasteiger partial charge < -0.3 is 4.42 Å². The van der Waals surface area contributed by atoms with E-state index in [0.29, 0.717) is 26.3 Å². The molecule has 1 aliphatic heterocycles. The summed E-state index contributed by atoms with van der Waals surface area (Å²) in [6.45, 7) is 0. The summed E-state index contributed by atoms with van der Waals surface area (Å²) in [6, 6.07) is 6.85. The quantitative estimate of drug-likeness (QED) is 0.420. The second-order valence-electron chi connectivity index (χ2n) is 6.39. The molecule has 2 aromatic heterocycles. The fourth-order valence-corrected chi connectivity index (χ4v) is 4.79. The van der Waals surface area contributed by atoms with Crippen molar-refractivity contribution in [2.45, 2.75) is 38.1 Å². The lowest BCUT2D eigenvalue weighted by molar-refractivity contribution is -0.124. The molecule has 0 atom stereocenters. The molecule has 2 aromatic rings.